The van der Waals surface area contributed by atoms with Gasteiger partial charge in [-0.15, -0.1) is 0 Å². The van der Waals surface area contributed by atoms with Crippen LogP contribution in [0.4, 0.5) is 0 Å². The molecule has 1 amide bonds. The van der Waals surface area contributed by atoms with E-state index in [0.717, 1.165) is 0 Å². The quantitative estimate of drug-likeness (QED) is 0.463. The van der Waals surface area contributed by atoms with Gasteiger partial charge in [0.25, 0.3) is 0 Å². The molecular formula is C8H13N3O2. The second-order valence-corrected chi connectivity index (χ2v) is 2.82. The number of carbonyl (C=O) groups excluding carboxylic acids is 2. The summed E-state index contributed by atoms with van der Waals surface area (Å²) in [6.45, 7) is 0.333. The Morgan fingerprint density at radius 2 is 2.46 bits per heavy atom. The van der Waals surface area contributed by atoms with Crippen molar-refractivity contribution in [3.05, 3.63) is 12.2 Å². The van der Waals surface area contributed by atoms with Gasteiger partial charge in [-0.25, -0.2) is 0 Å². The summed E-state index contributed by atoms with van der Waals surface area (Å²) in [7, 11) is 0. The van der Waals surface area contributed by atoms with E-state index in [1.165, 1.54) is 6.08 Å². The molecule has 4 N–H and O–H groups in total. The fourth-order valence-electron chi connectivity index (χ4n) is 1.12. The molecule has 0 fully saturated rings. The average Bonchev–Trinajstić information content (AvgIpc) is 2.49. The fraction of sp³-hybridized carbons (Fsp3) is 0.500. The van der Waals surface area contributed by atoms with Gasteiger partial charge in [0.1, 0.15) is 0 Å². The van der Waals surface area contributed by atoms with Crippen molar-refractivity contribution in [3.8, 4) is 0 Å². The standard InChI is InChI=1S/C8H13N3O2/c9-5-11-8(13)4-10-6-1-2-7(12)3-6/h1-2,6,10H,3-5,9H2,(H,11,13). The zero-order chi connectivity index (χ0) is 9.68. The third-order valence-corrected chi connectivity index (χ3v) is 1.76. The van der Waals surface area contributed by atoms with Crippen molar-refractivity contribution in [2.45, 2.75) is 12.5 Å². The highest BCUT2D eigenvalue weighted by Crippen LogP contribution is 2.04. The number of ketones is 1. The van der Waals surface area contributed by atoms with E-state index in [9.17, 15) is 9.59 Å². The lowest BCUT2D eigenvalue weighted by atomic mass is 10.2. The summed E-state index contributed by atoms with van der Waals surface area (Å²) < 4.78 is 0. The van der Waals surface area contributed by atoms with Crippen molar-refractivity contribution in [2.75, 3.05) is 13.2 Å². The number of amides is 1. The summed E-state index contributed by atoms with van der Waals surface area (Å²) >= 11 is 0. The van der Waals surface area contributed by atoms with E-state index < -0.39 is 0 Å². The number of nitrogens with one attached hydrogen (secondary N) is 2. The van der Waals surface area contributed by atoms with Crippen LogP contribution in [0.1, 0.15) is 6.42 Å². The summed E-state index contributed by atoms with van der Waals surface area (Å²) in [5.74, 6) is -0.0630. The van der Waals surface area contributed by atoms with Crippen molar-refractivity contribution in [2.24, 2.45) is 5.73 Å². The maximum Gasteiger partial charge on any atom is 0.234 e. The molecule has 5 heteroatoms. The van der Waals surface area contributed by atoms with Crippen LogP contribution in [0.25, 0.3) is 0 Å². The topological polar surface area (TPSA) is 84.2 Å². The molecule has 1 aliphatic rings. The Kier molecular flexibility index (Phi) is 3.60. The van der Waals surface area contributed by atoms with Crippen LogP contribution in [0.2, 0.25) is 0 Å². The van der Waals surface area contributed by atoms with E-state index in [-0.39, 0.29) is 30.9 Å². The molecular weight excluding hydrogens is 170 g/mol. The lowest BCUT2D eigenvalue weighted by molar-refractivity contribution is -0.120. The minimum absolute atomic E-state index is 0.00368. The van der Waals surface area contributed by atoms with Crippen LogP contribution in [0.15, 0.2) is 12.2 Å². The van der Waals surface area contributed by atoms with Crippen LogP contribution in [-0.4, -0.2) is 30.9 Å². The third kappa shape index (κ3) is 3.35. The third-order valence-electron chi connectivity index (χ3n) is 1.76. The minimum atomic E-state index is -0.157. The minimum Gasteiger partial charge on any atom is -0.343 e. The summed E-state index contributed by atoms with van der Waals surface area (Å²) in [6.07, 6.45) is 3.73. The predicted molar refractivity (Wildman–Crippen MR) is 47.8 cm³/mol. The maximum atomic E-state index is 10.9. The number of rotatable bonds is 4. The van der Waals surface area contributed by atoms with Crippen LogP contribution < -0.4 is 16.4 Å². The zero-order valence-corrected chi connectivity index (χ0v) is 7.25. The zero-order valence-electron chi connectivity index (χ0n) is 7.25. The summed E-state index contributed by atoms with van der Waals surface area (Å²) in [4.78, 5) is 21.7. The van der Waals surface area contributed by atoms with E-state index in [2.05, 4.69) is 10.6 Å². The van der Waals surface area contributed by atoms with Crippen LogP contribution >= 0.6 is 0 Å². The van der Waals surface area contributed by atoms with Crippen molar-refractivity contribution in [3.63, 3.8) is 0 Å². The van der Waals surface area contributed by atoms with Crippen LogP contribution in [0, 0.1) is 0 Å². The Morgan fingerprint density at radius 3 is 3.00 bits per heavy atom. The molecule has 0 saturated carbocycles. The van der Waals surface area contributed by atoms with Crippen LogP contribution in [0.3, 0.4) is 0 Å². The van der Waals surface area contributed by atoms with Gasteiger partial charge >= 0.3 is 0 Å². The lowest BCUT2D eigenvalue weighted by Crippen LogP contribution is -2.40. The Morgan fingerprint density at radius 1 is 1.69 bits per heavy atom. The van der Waals surface area contributed by atoms with Gasteiger partial charge in [-0.2, -0.15) is 0 Å². The van der Waals surface area contributed by atoms with E-state index in [4.69, 9.17) is 5.73 Å². The van der Waals surface area contributed by atoms with Crippen molar-refractivity contribution >= 4 is 11.7 Å². The van der Waals surface area contributed by atoms with Gasteiger partial charge in [-0.05, 0) is 6.08 Å². The lowest BCUT2D eigenvalue weighted by Gasteiger charge is -2.08. The Labute approximate surface area is 76.4 Å². The van der Waals surface area contributed by atoms with Gasteiger partial charge in [0.15, 0.2) is 5.78 Å². The molecule has 72 valence electrons. The molecule has 0 aromatic carbocycles. The van der Waals surface area contributed by atoms with Gasteiger partial charge in [-0.1, -0.05) is 6.08 Å². The number of allylic oxidation sites excluding steroid dienone is 1. The SMILES string of the molecule is NCNC(=O)CNC1C=CC(=O)C1. The summed E-state index contributed by atoms with van der Waals surface area (Å²) in [6, 6.07) is -0.00368. The van der Waals surface area contributed by atoms with Gasteiger partial charge in [0.2, 0.25) is 5.91 Å². The predicted octanol–water partition coefficient (Wildman–Crippen LogP) is -1.49. The maximum absolute atomic E-state index is 10.9. The molecule has 1 atom stereocenters. The molecule has 0 aromatic heterocycles. The Hall–Kier alpha value is -1.20. The smallest absolute Gasteiger partial charge is 0.234 e. The highest BCUT2D eigenvalue weighted by atomic mass is 16.2. The van der Waals surface area contributed by atoms with Crippen molar-refractivity contribution in [1.82, 2.24) is 10.6 Å². The largest absolute Gasteiger partial charge is 0.343 e. The van der Waals surface area contributed by atoms with Crippen molar-refractivity contribution < 1.29 is 9.59 Å². The van der Waals surface area contributed by atoms with Crippen LogP contribution in [-0.2, 0) is 9.59 Å². The normalized spacial score (nSPS) is 20.7. The summed E-state index contributed by atoms with van der Waals surface area (Å²) in [5.41, 5.74) is 5.11. The van der Waals surface area contributed by atoms with E-state index in [1.807, 2.05) is 0 Å². The van der Waals surface area contributed by atoms with Gasteiger partial charge < -0.3 is 16.4 Å². The number of nitrogens with two attached hydrogens (primary N) is 1. The molecule has 13 heavy (non-hydrogen) atoms. The first-order valence-corrected chi connectivity index (χ1v) is 4.13. The molecule has 1 unspecified atom stereocenters. The van der Waals surface area contributed by atoms with Crippen LogP contribution in [0.5, 0.6) is 0 Å². The molecule has 5 nitrogen and oxygen atoms in total. The first kappa shape index (κ1) is 9.88. The number of hydrogen-bond donors (Lipinski definition) is 3. The first-order chi connectivity index (χ1) is 6.22. The van der Waals surface area contributed by atoms with Gasteiger partial charge in [0.05, 0.1) is 13.2 Å². The Balaban J connectivity index is 2.16. The van der Waals surface area contributed by atoms with E-state index in [1.54, 1.807) is 6.08 Å². The van der Waals surface area contributed by atoms with Crippen molar-refractivity contribution in [1.29, 1.82) is 0 Å². The van der Waals surface area contributed by atoms with E-state index in [0.29, 0.717) is 6.42 Å². The van der Waals surface area contributed by atoms with Gasteiger partial charge in [0, 0.05) is 12.5 Å². The molecule has 1 aliphatic carbocycles. The molecule has 0 radical (unpaired) electrons. The van der Waals surface area contributed by atoms with E-state index >= 15 is 0 Å². The molecule has 0 bridgehead atoms. The molecule has 1 rings (SSSR count). The first-order valence-electron chi connectivity index (χ1n) is 4.13. The second-order valence-electron chi connectivity index (χ2n) is 2.82. The Bertz CT molecular complexity index is 238. The molecule has 0 aromatic rings. The molecule has 0 spiro atoms. The monoisotopic (exact) mass is 183 g/mol. The average molecular weight is 183 g/mol. The second kappa shape index (κ2) is 4.74. The highest BCUT2D eigenvalue weighted by Gasteiger charge is 2.15. The summed E-state index contributed by atoms with van der Waals surface area (Å²) in [5, 5.41) is 5.37. The fourth-order valence-corrected chi connectivity index (χ4v) is 1.12. The molecule has 0 aliphatic heterocycles. The molecule has 0 heterocycles. The molecule has 0 saturated heterocycles. The number of carbonyl (C=O) groups is 2. The van der Waals surface area contributed by atoms with Gasteiger partial charge in [-0.3, -0.25) is 9.59 Å². The highest BCUT2D eigenvalue weighted by molar-refractivity contribution is 5.93. The number of hydrogen-bond acceptors (Lipinski definition) is 4.